The summed E-state index contributed by atoms with van der Waals surface area (Å²) in [5.74, 6) is -0.591. The first kappa shape index (κ1) is 30.7. The van der Waals surface area contributed by atoms with Crippen molar-refractivity contribution in [3.05, 3.63) is 73.0 Å². The van der Waals surface area contributed by atoms with Gasteiger partial charge in [-0.1, -0.05) is 81.4 Å². The van der Waals surface area contributed by atoms with Crippen LogP contribution in [-0.4, -0.2) is 45.1 Å². The Hall–Kier alpha value is -1.77. The Morgan fingerprint density at radius 3 is 2.12 bits per heavy atom. The van der Waals surface area contributed by atoms with E-state index < -0.39 is 21.9 Å². The van der Waals surface area contributed by atoms with Gasteiger partial charge in [-0.05, 0) is 68.4 Å². The Kier molecular flexibility index (Phi) is 8.27. The van der Waals surface area contributed by atoms with E-state index in [4.69, 9.17) is 27.5 Å². The molecule has 1 unspecified atom stereocenters. The highest BCUT2D eigenvalue weighted by Gasteiger charge is 2.76. The van der Waals surface area contributed by atoms with Crippen molar-refractivity contribution in [3.8, 4) is 0 Å². The minimum atomic E-state index is -3.73. The van der Waals surface area contributed by atoms with Crippen molar-refractivity contribution < 1.29 is 32.0 Å². The van der Waals surface area contributed by atoms with Gasteiger partial charge in [0, 0.05) is 5.41 Å². The topological polar surface area (TPSA) is 72.5 Å². The van der Waals surface area contributed by atoms with E-state index in [1.54, 1.807) is 20.8 Å². The SMILES string of the molecule is CCOP(=O)(OC=C[C@]12C[C@@H]1[C@H](O[Si](c1ccccc1)(c1ccccc1)C(C)(C)C)[C@@H]1OC(C)(C)O[C@@H]12)OC(C)C. The van der Waals surface area contributed by atoms with Gasteiger partial charge in [-0.15, -0.1) is 0 Å². The van der Waals surface area contributed by atoms with Crippen molar-refractivity contribution in [1.29, 1.82) is 0 Å². The zero-order valence-electron chi connectivity index (χ0n) is 25.5. The molecule has 0 N–H and O–H groups in total. The fourth-order valence-corrected chi connectivity index (χ4v) is 12.7. The molecule has 0 radical (unpaired) electrons. The average Bonchev–Trinajstić information content (AvgIpc) is 3.44. The number of phosphoric ester groups is 1. The molecule has 0 spiro atoms. The van der Waals surface area contributed by atoms with Crippen LogP contribution in [0.1, 0.15) is 61.8 Å². The molecule has 5 rings (SSSR count). The first-order valence-corrected chi connectivity index (χ1v) is 18.1. The van der Waals surface area contributed by atoms with Gasteiger partial charge in [-0.25, -0.2) is 4.57 Å². The summed E-state index contributed by atoms with van der Waals surface area (Å²) in [5, 5.41) is 2.29. The predicted molar refractivity (Wildman–Crippen MR) is 163 cm³/mol. The molecule has 1 aliphatic heterocycles. The van der Waals surface area contributed by atoms with Gasteiger partial charge in [0.05, 0.1) is 31.2 Å². The van der Waals surface area contributed by atoms with E-state index in [1.165, 1.54) is 16.6 Å². The lowest BCUT2D eigenvalue weighted by molar-refractivity contribution is -0.164. The van der Waals surface area contributed by atoms with Crippen molar-refractivity contribution in [2.75, 3.05) is 6.61 Å². The van der Waals surface area contributed by atoms with E-state index in [2.05, 4.69) is 81.4 Å². The summed E-state index contributed by atoms with van der Waals surface area (Å²) in [4.78, 5) is 0. The molecule has 9 heteroatoms. The normalized spacial score (nSPS) is 30.3. The van der Waals surface area contributed by atoms with Crippen LogP contribution in [-0.2, 0) is 32.0 Å². The Bertz CT molecular complexity index is 1240. The molecular formula is C32H45O7PSi. The molecule has 0 aromatic heterocycles. The third-order valence-electron chi connectivity index (χ3n) is 8.41. The maximum atomic E-state index is 13.1. The van der Waals surface area contributed by atoms with Crippen LogP contribution in [0, 0.1) is 11.3 Å². The predicted octanol–water partition coefficient (Wildman–Crippen LogP) is 6.57. The summed E-state index contributed by atoms with van der Waals surface area (Å²) in [7, 11) is -6.57. The van der Waals surface area contributed by atoms with Crippen LogP contribution in [0.2, 0.25) is 5.04 Å². The molecule has 7 nitrogen and oxygen atoms in total. The van der Waals surface area contributed by atoms with Crippen molar-refractivity contribution in [1.82, 2.24) is 0 Å². The largest absolute Gasteiger partial charge is 0.529 e. The quantitative estimate of drug-likeness (QED) is 0.164. The summed E-state index contributed by atoms with van der Waals surface area (Å²) < 4.78 is 50.4. The first-order valence-electron chi connectivity index (χ1n) is 14.7. The second kappa shape index (κ2) is 11.1. The van der Waals surface area contributed by atoms with Crippen LogP contribution in [0.4, 0.5) is 0 Å². The Balaban J connectivity index is 1.52. The molecule has 2 aliphatic carbocycles. The van der Waals surface area contributed by atoms with E-state index in [-0.39, 0.29) is 47.4 Å². The molecule has 2 saturated carbocycles. The first-order chi connectivity index (χ1) is 19.3. The van der Waals surface area contributed by atoms with Crippen molar-refractivity contribution in [2.24, 2.45) is 11.3 Å². The highest BCUT2D eigenvalue weighted by molar-refractivity contribution is 7.48. The Morgan fingerprint density at radius 1 is 1.02 bits per heavy atom. The minimum Gasteiger partial charge on any atom is -0.412 e. The Labute approximate surface area is 246 Å². The van der Waals surface area contributed by atoms with E-state index in [0.717, 1.165) is 6.42 Å². The van der Waals surface area contributed by atoms with Gasteiger partial charge in [-0.3, -0.25) is 9.05 Å². The second-order valence-corrected chi connectivity index (χ2v) is 18.9. The lowest BCUT2D eigenvalue weighted by Crippen LogP contribution is -2.68. The van der Waals surface area contributed by atoms with Crippen LogP contribution in [0.3, 0.4) is 0 Å². The molecule has 41 heavy (non-hydrogen) atoms. The highest BCUT2D eigenvalue weighted by Crippen LogP contribution is 2.70. The molecule has 3 aliphatic rings. The number of hydrogen-bond acceptors (Lipinski definition) is 7. The maximum absolute atomic E-state index is 13.1. The summed E-state index contributed by atoms with van der Waals surface area (Å²) in [6.45, 7) is 16.4. The molecule has 1 saturated heterocycles. The molecule has 2 aromatic carbocycles. The molecule has 2 aromatic rings. The lowest BCUT2D eigenvalue weighted by Gasteiger charge is -2.45. The van der Waals surface area contributed by atoms with E-state index >= 15 is 0 Å². The second-order valence-electron chi connectivity index (χ2n) is 13.1. The number of rotatable bonds is 11. The number of ether oxygens (including phenoxy) is 2. The van der Waals surface area contributed by atoms with E-state index in [1.807, 2.05) is 19.9 Å². The van der Waals surface area contributed by atoms with Crippen molar-refractivity contribution in [2.45, 2.75) is 97.1 Å². The zero-order valence-corrected chi connectivity index (χ0v) is 27.4. The fraction of sp³-hybridized carbons (Fsp3) is 0.562. The highest BCUT2D eigenvalue weighted by atomic mass is 31.2. The number of fused-ring (bicyclic) bond motifs is 3. The third kappa shape index (κ3) is 5.65. The molecule has 1 heterocycles. The van der Waals surface area contributed by atoms with Crippen LogP contribution >= 0.6 is 7.82 Å². The van der Waals surface area contributed by atoms with Crippen LogP contribution in [0.25, 0.3) is 0 Å². The third-order valence-corrected chi connectivity index (χ3v) is 15.1. The standard InChI is InChI=1S/C32H45O7PSi/c1-9-34-40(33,38-23(2)3)35-21-20-32-22-26(32)27(28-29(32)37-31(7,8)36-28)39-41(30(4,5)6,24-16-12-10-13-17-24)25-18-14-11-15-19-25/h10-21,23,26-29H,9,22H2,1-8H3/t26-,27+,28+,29+,32+,40?/m1/s1. The van der Waals surface area contributed by atoms with Crippen LogP contribution in [0.15, 0.2) is 73.0 Å². The molecule has 3 fully saturated rings. The van der Waals surface area contributed by atoms with E-state index in [9.17, 15) is 4.57 Å². The monoisotopic (exact) mass is 600 g/mol. The van der Waals surface area contributed by atoms with Gasteiger partial charge in [0.2, 0.25) is 0 Å². The summed E-state index contributed by atoms with van der Waals surface area (Å²) >= 11 is 0. The summed E-state index contributed by atoms with van der Waals surface area (Å²) in [6, 6.07) is 21.3. The van der Waals surface area contributed by atoms with Gasteiger partial charge in [0.25, 0.3) is 8.32 Å². The molecule has 224 valence electrons. The maximum Gasteiger partial charge on any atom is 0.529 e. The van der Waals surface area contributed by atoms with Crippen LogP contribution < -0.4 is 10.4 Å². The number of benzene rings is 2. The number of hydrogen-bond donors (Lipinski definition) is 0. The molecule has 6 atom stereocenters. The van der Waals surface area contributed by atoms with Gasteiger partial charge in [-0.2, -0.15) is 0 Å². The van der Waals surface area contributed by atoms with Gasteiger partial charge >= 0.3 is 7.82 Å². The van der Waals surface area contributed by atoms with E-state index in [0.29, 0.717) is 0 Å². The summed E-state index contributed by atoms with van der Waals surface area (Å²) in [6.07, 6.45) is 3.35. The zero-order chi connectivity index (χ0) is 29.7. The average molecular weight is 601 g/mol. The van der Waals surface area contributed by atoms with Crippen LogP contribution in [0.5, 0.6) is 0 Å². The molecule has 0 bridgehead atoms. The van der Waals surface area contributed by atoms with Gasteiger partial charge in [0.15, 0.2) is 5.79 Å². The molecule has 0 amide bonds. The van der Waals surface area contributed by atoms with Crippen molar-refractivity contribution in [3.63, 3.8) is 0 Å². The minimum absolute atomic E-state index is 0.160. The summed E-state index contributed by atoms with van der Waals surface area (Å²) in [5.41, 5.74) is -0.358. The van der Waals surface area contributed by atoms with Gasteiger partial charge in [0.1, 0.15) is 6.10 Å². The lowest BCUT2D eigenvalue weighted by atomic mass is 9.99. The number of phosphoric acid groups is 1. The molecular weight excluding hydrogens is 555 g/mol. The smallest absolute Gasteiger partial charge is 0.412 e. The Morgan fingerprint density at radius 2 is 1.61 bits per heavy atom. The van der Waals surface area contributed by atoms with Gasteiger partial charge < -0.3 is 18.4 Å². The van der Waals surface area contributed by atoms with Crippen molar-refractivity contribution >= 4 is 26.5 Å². The fourth-order valence-electron chi connectivity index (χ4n) is 6.81.